The summed E-state index contributed by atoms with van der Waals surface area (Å²) in [6.07, 6.45) is 3.24. The third-order valence-corrected chi connectivity index (χ3v) is 4.90. The summed E-state index contributed by atoms with van der Waals surface area (Å²) in [5, 5.41) is 0.362. The maximum atomic E-state index is 6.26. The van der Waals surface area contributed by atoms with Crippen LogP contribution in [-0.2, 0) is 13.1 Å². The number of halogens is 1. The lowest BCUT2D eigenvalue weighted by molar-refractivity contribution is 0.172. The molecule has 6 nitrogen and oxygen atoms in total. The van der Waals surface area contributed by atoms with Crippen molar-refractivity contribution < 1.29 is 4.74 Å². The van der Waals surface area contributed by atoms with E-state index in [2.05, 4.69) is 33.1 Å². The van der Waals surface area contributed by atoms with E-state index in [-0.39, 0.29) is 5.95 Å². The van der Waals surface area contributed by atoms with E-state index in [0.717, 1.165) is 28.9 Å². The second-order valence-corrected chi connectivity index (χ2v) is 6.68. The quantitative estimate of drug-likeness (QED) is 0.711. The molecule has 0 atom stereocenters. The molecule has 0 amide bonds. The van der Waals surface area contributed by atoms with Crippen molar-refractivity contribution in [2.75, 3.05) is 25.9 Å². The van der Waals surface area contributed by atoms with Crippen molar-refractivity contribution in [2.24, 2.45) is 0 Å². The predicted molar refractivity (Wildman–Crippen MR) is 98.9 cm³/mol. The molecule has 0 bridgehead atoms. The lowest BCUT2D eigenvalue weighted by Gasteiger charge is -2.30. The standard InChI is InChI=1S/C18H20ClN5O/c1-25-15-9-12(10-23-6-2-7-23)3-4-13(15)11-24-8-5-14-16(24)17(19)22-18(20)21-14/h3-5,8-9H,2,6-7,10-11H2,1H3,(H2,20,21,22). The van der Waals surface area contributed by atoms with Gasteiger partial charge in [-0.15, -0.1) is 0 Å². The number of nitrogens with zero attached hydrogens (tertiary/aromatic N) is 4. The minimum Gasteiger partial charge on any atom is -0.496 e. The van der Waals surface area contributed by atoms with Gasteiger partial charge in [0.15, 0.2) is 5.15 Å². The highest BCUT2D eigenvalue weighted by atomic mass is 35.5. The van der Waals surface area contributed by atoms with Gasteiger partial charge in [0.25, 0.3) is 0 Å². The van der Waals surface area contributed by atoms with Crippen molar-refractivity contribution in [1.29, 1.82) is 0 Å². The Morgan fingerprint density at radius 2 is 2.04 bits per heavy atom. The number of anilines is 1. The summed E-state index contributed by atoms with van der Waals surface area (Å²) in [5.74, 6) is 1.07. The molecule has 0 unspecified atom stereocenters. The van der Waals surface area contributed by atoms with Crippen LogP contribution in [0, 0.1) is 0 Å². The second-order valence-electron chi connectivity index (χ2n) is 6.33. The van der Waals surface area contributed by atoms with Crippen molar-refractivity contribution in [3.05, 3.63) is 46.7 Å². The molecule has 0 spiro atoms. The first kappa shape index (κ1) is 16.2. The Bertz CT molecular complexity index is 919. The molecule has 7 heteroatoms. The van der Waals surface area contributed by atoms with E-state index in [0.29, 0.717) is 11.7 Å². The highest BCUT2D eigenvalue weighted by molar-refractivity contribution is 6.33. The summed E-state index contributed by atoms with van der Waals surface area (Å²) in [5.41, 5.74) is 9.54. The Hall–Kier alpha value is -2.31. The molecule has 2 aromatic heterocycles. The first-order valence-electron chi connectivity index (χ1n) is 8.30. The van der Waals surface area contributed by atoms with Crippen LogP contribution in [-0.4, -0.2) is 39.6 Å². The number of hydrogen-bond acceptors (Lipinski definition) is 5. The number of ether oxygens (including phenoxy) is 1. The number of nitrogen functional groups attached to an aromatic ring is 1. The minimum absolute atomic E-state index is 0.183. The first-order chi connectivity index (χ1) is 12.1. The average molecular weight is 358 g/mol. The van der Waals surface area contributed by atoms with E-state index < -0.39 is 0 Å². The molecule has 0 aliphatic carbocycles. The van der Waals surface area contributed by atoms with E-state index in [1.54, 1.807) is 7.11 Å². The molecule has 1 saturated heterocycles. The van der Waals surface area contributed by atoms with Crippen LogP contribution in [0.2, 0.25) is 5.15 Å². The van der Waals surface area contributed by atoms with Gasteiger partial charge >= 0.3 is 0 Å². The summed E-state index contributed by atoms with van der Waals surface area (Å²) < 4.78 is 7.63. The Morgan fingerprint density at radius 3 is 2.76 bits per heavy atom. The molecule has 0 saturated carbocycles. The van der Waals surface area contributed by atoms with Crippen molar-refractivity contribution in [3.63, 3.8) is 0 Å². The molecule has 1 aliphatic heterocycles. The molecule has 0 radical (unpaired) electrons. The van der Waals surface area contributed by atoms with E-state index in [9.17, 15) is 0 Å². The first-order valence-corrected chi connectivity index (χ1v) is 8.68. The zero-order valence-electron chi connectivity index (χ0n) is 14.1. The van der Waals surface area contributed by atoms with Gasteiger partial charge in [0.2, 0.25) is 5.95 Å². The summed E-state index contributed by atoms with van der Waals surface area (Å²) in [4.78, 5) is 10.7. The largest absolute Gasteiger partial charge is 0.496 e. The Kier molecular flexibility index (Phi) is 4.23. The fraction of sp³-hybridized carbons (Fsp3) is 0.333. The van der Waals surface area contributed by atoms with Gasteiger partial charge < -0.3 is 15.0 Å². The molecule has 25 heavy (non-hydrogen) atoms. The van der Waals surface area contributed by atoms with Crippen molar-refractivity contribution in [3.8, 4) is 5.75 Å². The third-order valence-electron chi connectivity index (χ3n) is 4.63. The van der Waals surface area contributed by atoms with Crippen LogP contribution in [0.4, 0.5) is 5.95 Å². The molecular formula is C18H20ClN5O. The summed E-state index contributed by atoms with van der Waals surface area (Å²) in [6, 6.07) is 8.29. The molecule has 1 fully saturated rings. The number of fused-ring (bicyclic) bond motifs is 1. The zero-order valence-corrected chi connectivity index (χ0v) is 14.8. The smallest absolute Gasteiger partial charge is 0.222 e. The van der Waals surface area contributed by atoms with Crippen LogP contribution >= 0.6 is 11.6 Å². The molecule has 2 N–H and O–H groups in total. The molecule has 130 valence electrons. The summed E-state index contributed by atoms with van der Waals surface area (Å²) in [6.45, 7) is 3.97. The van der Waals surface area contributed by atoms with Gasteiger partial charge in [0, 0.05) is 18.3 Å². The van der Waals surface area contributed by atoms with Crippen LogP contribution in [0.25, 0.3) is 11.0 Å². The molecule has 1 aliphatic rings. The van der Waals surface area contributed by atoms with E-state index in [1.165, 1.54) is 25.1 Å². The zero-order chi connectivity index (χ0) is 17.4. The Balaban J connectivity index is 1.64. The number of likely N-dealkylation sites (tertiary alicyclic amines) is 1. The highest BCUT2D eigenvalue weighted by Gasteiger charge is 2.16. The molecule has 3 aromatic rings. The van der Waals surface area contributed by atoms with Crippen molar-refractivity contribution >= 4 is 28.6 Å². The van der Waals surface area contributed by atoms with Crippen LogP contribution in [0.5, 0.6) is 5.75 Å². The topological polar surface area (TPSA) is 69.2 Å². The third kappa shape index (κ3) is 3.15. The minimum atomic E-state index is 0.183. The maximum absolute atomic E-state index is 6.26. The van der Waals surface area contributed by atoms with Gasteiger partial charge in [-0.3, -0.25) is 4.90 Å². The van der Waals surface area contributed by atoms with Gasteiger partial charge in [-0.25, -0.2) is 4.98 Å². The van der Waals surface area contributed by atoms with E-state index >= 15 is 0 Å². The molecule has 4 rings (SSSR count). The number of rotatable bonds is 5. The normalized spacial score (nSPS) is 14.6. The van der Waals surface area contributed by atoms with Crippen LogP contribution < -0.4 is 10.5 Å². The van der Waals surface area contributed by atoms with E-state index in [4.69, 9.17) is 22.1 Å². The summed E-state index contributed by atoms with van der Waals surface area (Å²) >= 11 is 6.26. The Morgan fingerprint density at radius 1 is 1.20 bits per heavy atom. The van der Waals surface area contributed by atoms with Crippen LogP contribution in [0.15, 0.2) is 30.5 Å². The Labute approximate surface area is 151 Å². The van der Waals surface area contributed by atoms with Gasteiger partial charge in [-0.05, 0) is 37.2 Å². The summed E-state index contributed by atoms with van der Waals surface area (Å²) in [7, 11) is 1.71. The number of aromatic nitrogens is 3. The van der Waals surface area contributed by atoms with Crippen LogP contribution in [0.3, 0.4) is 0 Å². The SMILES string of the molecule is COc1cc(CN2CCC2)ccc1Cn1ccc2nc(N)nc(Cl)c21. The average Bonchev–Trinajstić information content (AvgIpc) is 2.95. The number of methoxy groups -OCH3 is 1. The lowest BCUT2D eigenvalue weighted by atomic mass is 10.1. The predicted octanol–water partition coefficient (Wildman–Crippen LogP) is 2.93. The number of nitrogens with two attached hydrogens (primary N) is 1. The van der Waals surface area contributed by atoms with Crippen molar-refractivity contribution in [1.82, 2.24) is 19.4 Å². The van der Waals surface area contributed by atoms with Crippen molar-refractivity contribution in [2.45, 2.75) is 19.5 Å². The van der Waals surface area contributed by atoms with E-state index in [1.807, 2.05) is 16.8 Å². The fourth-order valence-corrected chi connectivity index (χ4v) is 3.50. The van der Waals surface area contributed by atoms with Crippen LogP contribution in [0.1, 0.15) is 17.5 Å². The number of benzene rings is 1. The number of hydrogen-bond donors (Lipinski definition) is 1. The molecule has 1 aromatic carbocycles. The maximum Gasteiger partial charge on any atom is 0.222 e. The fourth-order valence-electron chi connectivity index (χ4n) is 3.21. The monoisotopic (exact) mass is 357 g/mol. The van der Waals surface area contributed by atoms with Gasteiger partial charge in [0.05, 0.1) is 19.2 Å². The highest BCUT2D eigenvalue weighted by Crippen LogP contribution is 2.27. The molecular weight excluding hydrogens is 338 g/mol. The lowest BCUT2D eigenvalue weighted by Crippen LogP contribution is -2.36. The van der Waals surface area contributed by atoms with Gasteiger partial charge in [-0.2, -0.15) is 4.98 Å². The second kappa shape index (κ2) is 6.54. The van der Waals surface area contributed by atoms with Gasteiger partial charge in [-0.1, -0.05) is 23.7 Å². The van der Waals surface area contributed by atoms with Gasteiger partial charge in [0.1, 0.15) is 11.3 Å². The molecule has 3 heterocycles.